The van der Waals surface area contributed by atoms with Gasteiger partial charge in [0.15, 0.2) is 6.17 Å². The molecule has 0 saturated heterocycles. The van der Waals surface area contributed by atoms with Crippen LogP contribution in [0.25, 0.3) is 0 Å². The molecule has 2 atom stereocenters. The van der Waals surface area contributed by atoms with Gasteiger partial charge in [-0.15, -0.1) is 0 Å². The van der Waals surface area contributed by atoms with Gasteiger partial charge in [0, 0.05) is 29.3 Å². The van der Waals surface area contributed by atoms with Crippen LogP contribution in [-0.4, -0.2) is 37.6 Å². The molecule has 0 fully saturated rings. The van der Waals surface area contributed by atoms with Crippen LogP contribution >= 0.6 is 0 Å². The minimum atomic E-state index is -1.18. The van der Waals surface area contributed by atoms with E-state index >= 15 is 0 Å². The average Bonchev–Trinajstić information content (AvgIpc) is 3.25. The molecule has 0 spiro atoms. The van der Waals surface area contributed by atoms with Crippen molar-refractivity contribution in [3.8, 4) is 0 Å². The summed E-state index contributed by atoms with van der Waals surface area (Å²) in [6.07, 6.45) is -2.40. The zero-order chi connectivity index (χ0) is 25.2. The van der Waals surface area contributed by atoms with Crippen LogP contribution in [0.15, 0.2) is 42.5 Å². The Hall–Kier alpha value is -3.42. The summed E-state index contributed by atoms with van der Waals surface area (Å²) in [5, 5.41) is 9.42. The predicted octanol–water partition coefficient (Wildman–Crippen LogP) is 4.62. The largest absolute Gasteiger partial charge is 0.454 e. The molecule has 3 aromatic rings. The second kappa shape index (κ2) is 9.83. The maximum atomic E-state index is 13.5. The molecular formula is C26H34N4O4. The number of esters is 2. The number of hydrogen-bond acceptors (Lipinski definition) is 6. The molecule has 1 aromatic carbocycles. The average molecular weight is 467 g/mol. The highest BCUT2D eigenvalue weighted by Crippen LogP contribution is 2.35. The highest BCUT2D eigenvalue weighted by molar-refractivity contribution is 5.80. The van der Waals surface area contributed by atoms with Crippen molar-refractivity contribution in [1.29, 1.82) is 0 Å². The summed E-state index contributed by atoms with van der Waals surface area (Å²) in [5.41, 5.74) is 3.58. The molecule has 8 heteroatoms. The smallest absolute Gasteiger partial charge is 0.352 e. The van der Waals surface area contributed by atoms with Crippen molar-refractivity contribution in [2.45, 2.75) is 73.8 Å². The van der Waals surface area contributed by atoms with E-state index in [9.17, 15) is 9.59 Å². The molecule has 0 aliphatic carbocycles. The topological polar surface area (TPSA) is 88.2 Å². The molecule has 0 bridgehead atoms. The Morgan fingerprint density at radius 2 is 1.35 bits per heavy atom. The van der Waals surface area contributed by atoms with Crippen LogP contribution in [0.1, 0.15) is 68.3 Å². The van der Waals surface area contributed by atoms with Gasteiger partial charge in [-0.3, -0.25) is 4.79 Å². The monoisotopic (exact) mass is 466 g/mol. The first-order chi connectivity index (χ1) is 15.9. The lowest BCUT2D eigenvalue weighted by molar-refractivity contribution is -0.179. The lowest BCUT2D eigenvalue weighted by atomic mass is 9.86. The van der Waals surface area contributed by atoms with Crippen molar-refractivity contribution in [2.75, 3.05) is 0 Å². The number of benzene rings is 1. The second-order valence-electron chi connectivity index (χ2n) is 9.78. The number of ether oxygens (including phenoxy) is 2. The summed E-state index contributed by atoms with van der Waals surface area (Å²) in [6.45, 7) is 15.0. The highest BCUT2D eigenvalue weighted by atomic mass is 16.6. The van der Waals surface area contributed by atoms with Gasteiger partial charge in [0.05, 0.1) is 11.4 Å². The Kier molecular flexibility index (Phi) is 7.29. The summed E-state index contributed by atoms with van der Waals surface area (Å²) >= 11 is 0. The molecule has 182 valence electrons. The van der Waals surface area contributed by atoms with E-state index in [0.717, 1.165) is 22.8 Å². The molecule has 3 rings (SSSR count). The number of aromatic nitrogens is 4. The highest BCUT2D eigenvalue weighted by Gasteiger charge is 2.42. The van der Waals surface area contributed by atoms with E-state index in [4.69, 9.17) is 19.7 Å². The van der Waals surface area contributed by atoms with E-state index in [1.54, 1.807) is 24.3 Å². The van der Waals surface area contributed by atoms with Crippen LogP contribution in [-0.2, 0) is 19.1 Å². The zero-order valence-corrected chi connectivity index (χ0v) is 21.2. The first-order valence-electron chi connectivity index (χ1n) is 11.4. The van der Waals surface area contributed by atoms with E-state index < -0.39 is 35.7 Å². The SMILES string of the molecule is CC(=O)O[C@@H](C(=O)O[C@@H](C(n1nc(C)cc1C)n1nc(C)cc1C)C(C)(C)C)c1ccccc1. The Bertz CT molecular complexity index is 1110. The molecule has 34 heavy (non-hydrogen) atoms. The van der Waals surface area contributed by atoms with E-state index in [-0.39, 0.29) is 0 Å². The Labute approximate surface area is 200 Å². The molecule has 2 heterocycles. The number of rotatable bonds is 7. The van der Waals surface area contributed by atoms with Crippen molar-refractivity contribution in [2.24, 2.45) is 5.41 Å². The van der Waals surface area contributed by atoms with Crippen molar-refractivity contribution >= 4 is 11.9 Å². The minimum absolute atomic E-state index is 0.504. The van der Waals surface area contributed by atoms with Gasteiger partial charge in [0.2, 0.25) is 6.10 Å². The summed E-state index contributed by atoms with van der Waals surface area (Å²) in [4.78, 5) is 25.4. The number of carbonyl (C=O) groups excluding carboxylic acids is 2. The Morgan fingerprint density at radius 1 is 0.853 bits per heavy atom. The number of aryl methyl sites for hydroxylation is 4. The van der Waals surface area contributed by atoms with Gasteiger partial charge < -0.3 is 9.47 Å². The van der Waals surface area contributed by atoms with Crippen LogP contribution in [0.2, 0.25) is 0 Å². The number of hydrogen-bond donors (Lipinski definition) is 0. The van der Waals surface area contributed by atoms with E-state index in [2.05, 4.69) is 0 Å². The van der Waals surface area contributed by atoms with Gasteiger partial charge in [0.1, 0.15) is 6.10 Å². The first-order valence-corrected chi connectivity index (χ1v) is 11.4. The molecule has 0 amide bonds. The van der Waals surface area contributed by atoms with Crippen molar-refractivity contribution < 1.29 is 19.1 Å². The maximum absolute atomic E-state index is 13.5. The summed E-state index contributed by atoms with van der Waals surface area (Å²) in [6, 6.07) is 12.8. The molecule has 0 saturated carbocycles. The molecular weight excluding hydrogens is 432 g/mol. The van der Waals surface area contributed by atoms with Crippen LogP contribution in [0.4, 0.5) is 0 Å². The predicted molar refractivity (Wildman–Crippen MR) is 128 cm³/mol. The molecule has 0 aliphatic heterocycles. The Balaban J connectivity index is 2.10. The van der Waals surface area contributed by atoms with Crippen LogP contribution in [0.3, 0.4) is 0 Å². The third kappa shape index (κ3) is 5.55. The summed E-state index contributed by atoms with van der Waals surface area (Å²) < 4.78 is 15.3. The summed E-state index contributed by atoms with van der Waals surface area (Å²) in [7, 11) is 0. The fourth-order valence-electron chi connectivity index (χ4n) is 4.11. The minimum Gasteiger partial charge on any atom is -0.454 e. The van der Waals surface area contributed by atoms with Gasteiger partial charge in [-0.25, -0.2) is 14.2 Å². The second-order valence-corrected chi connectivity index (χ2v) is 9.78. The van der Waals surface area contributed by atoms with Gasteiger partial charge in [-0.05, 0) is 39.8 Å². The molecule has 0 unspecified atom stereocenters. The third-order valence-corrected chi connectivity index (χ3v) is 5.56. The lowest BCUT2D eigenvalue weighted by Crippen LogP contribution is -2.45. The van der Waals surface area contributed by atoms with Gasteiger partial charge in [0.25, 0.3) is 0 Å². The van der Waals surface area contributed by atoms with Gasteiger partial charge in [-0.1, -0.05) is 51.1 Å². The van der Waals surface area contributed by atoms with Gasteiger partial charge >= 0.3 is 11.9 Å². The van der Waals surface area contributed by atoms with Crippen LogP contribution < -0.4 is 0 Å². The molecule has 0 aliphatic rings. The summed E-state index contributed by atoms with van der Waals surface area (Å²) in [5.74, 6) is -1.21. The fourth-order valence-corrected chi connectivity index (χ4v) is 4.11. The quantitative estimate of drug-likeness (QED) is 0.472. The molecule has 2 aromatic heterocycles. The van der Waals surface area contributed by atoms with Crippen molar-refractivity contribution in [3.05, 3.63) is 70.8 Å². The lowest BCUT2D eigenvalue weighted by Gasteiger charge is -2.38. The number of carbonyl (C=O) groups is 2. The third-order valence-electron chi connectivity index (χ3n) is 5.56. The Morgan fingerprint density at radius 3 is 1.74 bits per heavy atom. The molecule has 0 N–H and O–H groups in total. The fraction of sp³-hybridized carbons (Fsp3) is 0.462. The number of nitrogens with zero attached hydrogens (tertiary/aromatic N) is 4. The van der Waals surface area contributed by atoms with Crippen molar-refractivity contribution in [3.63, 3.8) is 0 Å². The van der Waals surface area contributed by atoms with Crippen LogP contribution in [0, 0.1) is 33.1 Å². The van der Waals surface area contributed by atoms with E-state index in [1.807, 2.05) is 76.0 Å². The van der Waals surface area contributed by atoms with Gasteiger partial charge in [-0.2, -0.15) is 10.2 Å². The maximum Gasteiger partial charge on any atom is 0.352 e. The zero-order valence-electron chi connectivity index (χ0n) is 21.2. The first kappa shape index (κ1) is 25.2. The van der Waals surface area contributed by atoms with Crippen molar-refractivity contribution in [1.82, 2.24) is 19.6 Å². The normalized spacial score (nSPS) is 13.6. The molecule has 0 radical (unpaired) electrons. The van der Waals surface area contributed by atoms with Crippen LogP contribution in [0.5, 0.6) is 0 Å². The molecule has 8 nitrogen and oxygen atoms in total. The van der Waals surface area contributed by atoms with E-state index in [1.165, 1.54) is 6.92 Å². The van der Waals surface area contributed by atoms with E-state index in [0.29, 0.717) is 5.56 Å². The standard InChI is InChI=1S/C26H34N4O4/c1-16-14-18(3)29(27-16)24(30-19(4)15-17(2)28-30)23(26(6,7)8)34-25(32)22(33-20(5)31)21-12-10-9-11-13-21/h9-15,22-24H,1-8H3/t22-,23+/m1/s1.